The van der Waals surface area contributed by atoms with Gasteiger partial charge in [0.15, 0.2) is 0 Å². The number of azide groups is 1. The average Bonchev–Trinajstić information content (AvgIpc) is 2.68. The fourth-order valence-electron chi connectivity index (χ4n) is 1.74. The summed E-state index contributed by atoms with van der Waals surface area (Å²) >= 11 is 0. The highest BCUT2D eigenvalue weighted by atomic mass is 16.5. The second-order valence-electron chi connectivity index (χ2n) is 4.08. The van der Waals surface area contributed by atoms with Crippen LogP contribution in [0.4, 0.5) is 0 Å². The van der Waals surface area contributed by atoms with E-state index in [1.165, 1.54) is 0 Å². The minimum Gasteiger partial charge on any atom is -0.491 e. The summed E-state index contributed by atoms with van der Waals surface area (Å²) in [6.07, 6.45) is 2.00. The van der Waals surface area contributed by atoms with Gasteiger partial charge in [-0.25, -0.2) is 0 Å². The van der Waals surface area contributed by atoms with Crippen LogP contribution in [0.25, 0.3) is 21.3 Å². The van der Waals surface area contributed by atoms with Crippen molar-refractivity contribution in [1.82, 2.24) is 4.98 Å². The Morgan fingerprint density at radius 3 is 3.00 bits per heavy atom. The van der Waals surface area contributed by atoms with E-state index in [1.54, 1.807) is 0 Å². The first-order chi connectivity index (χ1) is 8.20. The third-order valence-corrected chi connectivity index (χ3v) is 2.41. The second kappa shape index (κ2) is 4.80. The quantitative estimate of drug-likeness (QED) is 0.484. The number of fused-ring (bicyclic) bond motifs is 1. The lowest BCUT2D eigenvalue weighted by atomic mass is 10.1. The number of H-pyrrole nitrogens is 1. The summed E-state index contributed by atoms with van der Waals surface area (Å²) in [5, 5.41) is 4.61. The Morgan fingerprint density at radius 1 is 1.47 bits per heavy atom. The van der Waals surface area contributed by atoms with Crippen molar-refractivity contribution in [2.75, 3.05) is 0 Å². The molecule has 0 fully saturated rings. The highest BCUT2D eigenvalue weighted by Gasteiger charge is 2.05. The number of rotatable bonds is 4. The van der Waals surface area contributed by atoms with Crippen LogP contribution in [0.15, 0.2) is 29.5 Å². The van der Waals surface area contributed by atoms with Gasteiger partial charge in [0.2, 0.25) is 0 Å². The Kier molecular flexibility index (Phi) is 3.21. The monoisotopic (exact) mass is 230 g/mol. The third-order valence-electron chi connectivity index (χ3n) is 2.41. The molecule has 1 aromatic heterocycles. The Balaban J connectivity index is 2.39. The first-order valence-corrected chi connectivity index (χ1v) is 5.48. The van der Waals surface area contributed by atoms with Crippen LogP contribution in [0.2, 0.25) is 0 Å². The van der Waals surface area contributed by atoms with E-state index in [0.717, 1.165) is 22.2 Å². The number of ether oxygens (including phenoxy) is 1. The molecule has 0 amide bonds. The Labute approximate surface area is 99.0 Å². The topological polar surface area (TPSA) is 73.8 Å². The fraction of sp³-hybridized carbons (Fsp3) is 0.333. The minimum absolute atomic E-state index is 0.145. The first kappa shape index (κ1) is 11.4. The summed E-state index contributed by atoms with van der Waals surface area (Å²) in [4.78, 5) is 5.91. The standard InChI is InChI=1S/C12H14N4O/c1-8(2)17-10-3-4-12-11(5-10)9(6-14-12)7-15-16-13/h3-6,8,14H,7H2,1-2H3. The molecule has 0 aliphatic carbocycles. The number of benzene rings is 1. The molecule has 5 nitrogen and oxygen atoms in total. The molecular weight excluding hydrogens is 216 g/mol. The number of aromatic amines is 1. The summed E-state index contributed by atoms with van der Waals surface area (Å²) < 4.78 is 5.63. The Bertz CT molecular complexity index is 567. The molecule has 2 rings (SSSR count). The minimum atomic E-state index is 0.145. The maximum Gasteiger partial charge on any atom is 0.120 e. The Morgan fingerprint density at radius 2 is 2.29 bits per heavy atom. The predicted molar refractivity (Wildman–Crippen MR) is 66.9 cm³/mol. The van der Waals surface area contributed by atoms with Gasteiger partial charge in [0.05, 0.1) is 12.6 Å². The van der Waals surface area contributed by atoms with Crippen molar-refractivity contribution in [3.05, 3.63) is 40.4 Å². The second-order valence-corrected chi connectivity index (χ2v) is 4.08. The SMILES string of the molecule is CC(C)Oc1ccc2[nH]cc(CN=[N+]=[N-])c2c1. The molecule has 0 bridgehead atoms. The van der Waals surface area contributed by atoms with Crippen molar-refractivity contribution < 1.29 is 4.74 Å². The van der Waals surface area contributed by atoms with Crippen LogP contribution in [0.3, 0.4) is 0 Å². The molecule has 17 heavy (non-hydrogen) atoms. The zero-order valence-electron chi connectivity index (χ0n) is 9.84. The van der Waals surface area contributed by atoms with E-state index in [1.807, 2.05) is 38.2 Å². The van der Waals surface area contributed by atoms with Gasteiger partial charge in [-0.05, 0) is 43.1 Å². The molecular formula is C12H14N4O. The molecule has 1 heterocycles. The number of aromatic nitrogens is 1. The summed E-state index contributed by atoms with van der Waals surface area (Å²) in [5.74, 6) is 0.828. The zero-order chi connectivity index (χ0) is 12.3. The van der Waals surface area contributed by atoms with Gasteiger partial charge in [-0.2, -0.15) is 0 Å². The molecule has 0 radical (unpaired) electrons. The van der Waals surface area contributed by atoms with Crippen LogP contribution >= 0.6 is 0 Å². The zero-order valence-corrected chi connectivity index (χ0v) is 9.84. The van der Waals surface area contributed by atoms with Crippen LogP contribution in [0.5, 0.6) is 5.75 Å². The van der Waals surface area contributed by atoms with Gasteiger partial charge in [-0.15, -0.1) is 0 Å². The molecule has 0 saturated carbocycles. The number of hydrogen-bond acceptors (Lipinski definition) is 2. The average molecular weight is 230 g/mol. The fourth-order valence-corrected chi connectivity index (χ4v) is 1.74. The lowest BCUT2D eigenvalue weighted by molar-refractivity contribution is 0.243. The van der Waals surface area contributed by atoms with Gasteiger partial charge >= 0.3 is 0 Å². The van der Waals surface area contributed by atoms with Crippen molar-refractivity contribution in [1.29, 1.82) is 0 Å². The molecule has 0 aliphatic heterocycles. The van der Waals surface area contributed by atoms with Gasteiger partial charge < -0.3 is 9.72 Å². The molecule has 0 atom stereocenters. The van der Waals surface area contributed by atoms with E-state index >= 15 is 0 Å². The van der Waals surface area contributed by atoms with E-state index in [-0.39, 0.29) is 6.10 Å². The molecule has 5 heteroatoms. The van der Waals surface area contributed by atoms with E-state index in [4.69, 9.17) is 10.3 Å². The summed E-state index contributed by atoms with van der Waals surface area (Å²) in [5.41, 5.74) is 10.3. The Hall–Kier alpha value is -2.13. The van der Waals surface area contributed by atoms with Crippen LogP contribution in [-0.4, -0.2) is 11.1 Å². The van der Waals surface area contributed by atoms with Crippen LogP contribution in [0, 0.1) is 0 Å². The third kappa shape index (κ3) is 2.52. The highest BCUT2D eigenvalue weighted by Crippen LogP contribution is 2.24. The largest absolute Gasteiger partial charge is 0.491 e. The van der Waals surface area contributed by atoms with Crippen molar-refractivity contribution in [2.24, 2.45) is 5.11 Å². The molecule has 0 unspecified atom stereocenters. The molecule has 0 spiro atoms. The first-order valence-electron chi connectivity index (χ1n) is 5.48. The van der Waals surface area contributed by atoms with Crippen molar-refractivity contribution in [2.45, 2.75) is 26.5 Å². The van der Waals surface area contributed by atoms with Crippen molar-refractivity contribution >= 4 is 10.9 Å². The maximum absolute atomic E-state index is 8.33. The molecule has 0 aliphatic rings. The summed E-state index contributed by atoms with van der Waals surface area (Å²) in [7, 11) is 0. The molecule has 1 aromatic carbocycles. The lowest BCUT2D eigenvalue weighted by Gasteiger charge is -2.09. The highest BCUT2D eigenvalue weighted by molar-refractivity contribution is 5.84. The van der Waals surface area contributed by atoms with Gasteiger partial charge in [-0.3, -0.25) is 0 Å². The number of nitrogens with zero attached hydrogens (tertiary/aromatic N) is 3. The van der Waals surface area contributed by atoms with E-state index in [9.17, 15) is 0 Å². The van der Waals surface area contributed by atoms with Gasteiger partial charge in [-0.1, -0.05) is 5.11 Å². The van der Waals surface area contributed by atoms with Crippen LogP contribution in [-0.2, 0) is 6.54 Å². The molecule has 0 saturated heterocycles. The maximum atomic E-state index is 8.33. The molecule has 88 valence electrons. The number of hydrogen-bond donors (Lipinski definition) is 1. The smallest absolute Gasteiger partial charge is 0.120 e. The van der Waals surface area contributed by atoms with Crippen LogP contribution < -0.4 is 4.74 Å². The van der Waals surface area contributed by atoms with Gasteiger partial charge in [0, 0.05) is 22.0 Å². The van der Waals surface area contributed by atoms with Gasteiger partial charge in [0.25, 0.3) is 0 Å². The van der Waals surface area contributed by atoms with E-state index in [2.05, 4.69) is 15.0 Å². The van der Waals surface area contributed by atoms with Crippen molar-refractivity contribution in [3.63, 3.8) is 0 Å². The van der Waals surface area contributed by atoms with E-state index in [0.29, 0.717) is 6.54 Å². The summed E-state index contributed by atoms with van der Waals surface area (Å²) in [6, 6.07) is 5.86. The van der Waals surface area contributed by atoms with E-state index < -0.39 is 0 Å². The van der Waals surface area contributed by atoms with Crippen molar-refractivity contribution in [3.8, 4) is 5.75 Å². The van der Waals surface area contributed by atoms with Crippen LogP contribution in [0.1, 0.15) is 19.4 Å². The number of nitrogens with one attached hydrogen (secondary N) is 1. The lowest BCUT2D eigenvalue weighted by Crippen LogP contribution is -2.05. The molecule has 1 N–H and O–H groups in total. The summed E-state index contributed by atoms with van der Waals surface area (Å²) in [6.45, 7) is 4.33. The van der Waals surface area contributed by atoms with Gasteiger partial charge in [0.1, 0.15) is 5.75 Å². The predicted octanol–water partition coefficient (Wildman–Crippen LogP) is 3.77. The normalized spacial score (nSPS) is 10.5. The molecule has 2 aromatic rings.